The standard InChI is InChI=1S/C22H29F3O5S/c1-13(26)29-15-8-10-20(2)14(12-15)4-5-16-17-6-7-19(21(17,3)11-9-18(16)20)30-31(27,28)22(23,24)25/h4,7,15-18H,5-6,8-12H2,1-3H3. The van der Waals surface area contributed by atoms with Crippen molar-refractivity contribution in [1.82, 2.24) is 0 Å². The van der Waals surface area contributed by atoms with E-state index in [1.807, 2.05) is 6.92 Å². The number of carbonyl (C=O) groups excluding carboxylic acids is 1. The van der Waals surface area contributed by atoms with Crippen LogP contribution in [-0.4, -0.2) is 26.0 Å². The summed E-state index contributed by atoms with van der Waals surface area (Å²) in [5, 5.41) is 0. The molecule has 6 unspecified atom stereocenters. The number of hydrogen-bond donors (Lipinski definition) is 0. The van der Waals surface area contributed by atoms with E-state index in [2.05, 4.69) is 17.2 Å². The highest BCUT2D eigenvalue weighted by atomic mass is 32.2. The van der Waals surface area contributed by atoms with Gasteiger partial charge in [0.1, 0.15) is 11.9 Å². The Kier molecular flexibility index (Phi) is 5.30. The van der Waals surface area contributed by atoms with Crippen LogP contribution in [0.15, 0.2) is 23.5 Å². The monoisotopic (exact) mass is 462 g/mol. The summed E-state index contributed by atoms with van der Waals surface area (Å²) < 4.78 is 71.9. The zero-order valence-corrected chi connectivity index (χ0v) is 18.8. The minimum atomic E-state index is -5.67. The molecule has 4 aliphatic carbocycles. The maximum atomic E-state index is 12.9. The summed E-state index contributed by atoms with van der Waals surface area (Å²) >= 11 is 0. The molecule has 0 aliphatic heterocycles. The van der Waals surface area contributed by atoms with Crippen molar-refractivity contribution < 1.29 is 35.3 Å². The van der Waals surface area contributed by atoms with Crippen LogP contribution in [0, 0.1) is 28.6 Å². The molecule has 0 saturated heterocycles. The summed E-state index contributed by atoms with van der Waals surface area (Å²) in [5.74, 6) is 0.353. The van der Waals surface area contributed by atoms with Crippen LogP contribution in [0.3, 0.4) is 0 Å². The van der Waals surface area contributed by atoms with E-state index in [4.69, 9.17) is 4.74 Å². The lowest BCUT2D eigenvalue weighted by Crippen LogP contribution is -2.50. The third-order valence-corrected chi connectivity index (χ3v) is 9.35. The second-order valence-corrected chi connectivity index (χ2v) is 11.5. The normalized spacial score (nSPS) is 40.1. The minimum Gasteiger partial charge on any atom is -0.462 e. The fourth-order valence-electron chi connectivity index (χ4n) is 6.79. The molecule has 0 heterocycles. The molecular weight excluding hydrogens is 433 g/mol. The Hall–Kier alpha value is -1.51. The molecule has 0 amide bonds. The first-order valence-electron chi connectivity index (χ1n) is 10.9. The van der Waals surface area contributed by atoms with Gasteiger partial charge in [-0.15, -0.1) is 0 Å². The molecule has 4 aliphatic rings. The molecule has 6 atom stereocenters. The van der Waals surface area contributed by atoms with Gasteiger partial charge < -0.3 is 8.92 Å². The van der Waals surface area contributed by atoms with Crippen LogP contribution in [0.2, 0.25) is 0 Å². The SMILES string of the molecule is CC(=O)OC1CCC2(C)C(=CCC3C2CCC2(C)C(OS(=O)(=O)C(F)(F)F)=CCC32)C1. The van der Waals surface area contributed by atoms with Gasteiger partial charge in [-0.05, 0) is 67.8 Å². The van der Waals surface area contributed by atoms with E-state index in [0.717, 1.165) is 32.1 Å². The topological polar surface area (TPSA) is 69.7 Å². The third kappa shape index (κ3) is 3.60. The van der Waals surface area contributed by atoms with Crippen molar-refractivity contribution in [2.75, 3.05) is 0 Å². The van der Waals surface area contributed by atoms with Crippen molar-refractivity contribution in [1.29, 1.82) is 0 Å². The lowest BCUT2D eigenvalue weighted by atomic mass is 9.48. The maximum absolute atomic E-state index is 12.9. The number of alkyl halides is 3. The van der Waals surface area contributed by atoms with Gasteiger partial charge in [-0.25, -0.2) is 0 Å². The predicted octanol–water partition coefficient (Wildman–Crippen LogP) is 5.24. The molecule has 2 fully saturated rings. The highest BCUT2D eigenvalue weighted by Crippen LogP contribution is 2.65. The van der Waals surface area contributed by atoms with Gasteiger partial charge in [0.15, 0.2) is 0 Å². The first-order valence-corrected chi connectivity index (χ1v) is 12.3. The fourth-order valence-corrected chi connectivity index (χ4v) is 7.37. The molecule has 31 heavy (non-hydrogen) atoms. The summed E-state index contributed by atoms with van der Waals surface area (Å²) in [6.07, 6.45) is 8.84. The molecule has 2 saturated carbocycles. The Balaban J connectivity index is 1.55. The average molecular weight is 463 g/mol. The number of rotatable bonds is 3. The Labute approximate surface area is 181 Å². The molecule has 0 bridgehead atoms. The molecular formula is C22H29F3O5S. The Morgan fingerprint density at radius 3 is 2.39 bits per heavy atom. The van der Waals surface area contributed by atoms with Crippen molar-refractivity contribution in [3.05, 3.63) is 23.5 Å². The molecule has 0 aromatic carbocycles. The Bertz CT molecular complexity index is 937. The van der Waals surface area contributed by atoms with Gasteiger partial charge in [-0.3, -0.25) is 4.79 Å². The summed E-state index contributed by atoms with van der Waals surface area (Å²) in [7, 11) is -5.67. The first kappa shape index (κ1) is 22.7. The van der Waals surface area contributed by atoms with Crippen LogP contribution in [-0.2, 0) is 23.8 Å². The predicted molar refractivity (Wildman–Crippen MR) is 107 cm³/mol. The zero-order valence-electron chi connectivity index (χ0n) is 18.0. The van der Waals surface area contributed by atoms with Gasteiger partial charge in [-0.2, -0.15) is 21.6 Å². The zero-order chi connectivity index (χ0) is 22.8. The average Bonchev–Trinajstić information content (AvgIpc) is 2.96. The van der Waals surface area contributed by atoms with Crippen LogP contribution < -0.4 is 0 Å². The van der Waals surface area contributed by atoms with Crippen molar-refractivity contribution in [2.24, 2.45) is 28.6 Å². The molecule has 0 radical (unpaired) electrons. The van der Waals surface area contributed by atoms with Crippen LogP contribution >= 0.6 is 0 Å². The smallest absolute Gasteiger partial charge is 0.462 e. The second-order valence-electron chi connectivity index (χ2n) is 9.98. The third-order valence-electron chi connectivity index (χ3n) is 8.38. The van der Waals surface area contributed by atoms with E-state index in [0.29, 0.717) is 18.8 Å². The summed E-state index contributed by atoms with van der Waals surface area (Å²) in [5.41, 5.74) is -4.86. The van der Waals surface area contributed by atoms with Crippen LogP contribution in [0.25, 0.3) is 0 Å². The van der Waals surface area contributed by atoms with Crippen molar-refractivity contribution in [3.63, 3.8) is 0 Å². The van der Waals surface area contributed by atoms with Crippen molar-refractivity contribution in [3.8, 4) is 0 Å². The quantitative estimate of drug-likeness (QED) is 0.248. The van der Waals surface area contributed by atoms with Crippen LogP contribution in [0.1, 0.15) is 65.7 Å². The fraction of sp³-hybridized carbons (Fsp3) is 0.773. The number of carbonyl (C=O) groups is 1. The van der Waals surface area contributed by atoms with E-state index in [1.54, 1.807) is 6.08 Å². The lowest BCUT2D eigenvalue weighted by Gasteiger charge is -2.57. The number of halogens is 3. The molecule has 5 nitrogen and oxygen atoms in total. The van der Waals surface area contributed by atoms with E-state index in [-0.39, 0.29) is 35.1 Å². The Morgan fingerprint density at radius 2 is 1.74 bits per heavy atom. The molecule has 0 N–H and O–H groups in total. The molecule has 4 rings (SSSR count). The van der Waals surface area contributed by atoms with Gasteiger partial charge in [0.05, 0.1) is 0 Å². The van der Waals surface area contributed by atoms with E-state index < -0.39 is 21.0 Å². The lowest BCUT2D eigenvalue weighted by molar-refractivity contribution is -0.148. The largest absolute Gasteiger partial charge is 0.534 e. The summed E-state index contributed by atoms with van der Waals surface area (Å²) in [6.45, 7) is 5.53. The second kappa shape index (κ2) is 7.25. The van der Waals surface area contributed by atoms with Gasteiger partial charge in [0, 0.05) is 18.8 Å². The first-order chi connectivity index (χ1) is 14.3. The van der Waals surface area contributed by atoms with Crippen molar-refractivity contribution in [2.45, 2.75) is 77.3 Å². The minimum absolute atomic E-state index is 0.0252. The molecule has 174 valence electrons. The van der Waals surface area contributed by atoms with E-state index in [9.17, 15) is 26.4 Å². The number of hydrogen-bond acceptors (Lipinski definition) is 5. The highest BCUT2D eigenvalue weighted by Gasteiger charge is 2.59. The van der Waals surface area contributed by atoms with E-state index >= 15 is 0 Å². The summed E-state index contributed by atoms with van der Waals surface area (Å²) in [4.78, 5) is 11.4. The highest BCUT2D eigenvalue weighted by molar-refractivity contribution is 7.87. The van der Waals surface area contributed by atoms with E-state index in [1.165, 1.54) is 12.5 Å². The molecule has 0 aromatic heterocycles. The van der Waals surface area contributed by atoms with Gasteiger partial charge in [0.2, 0.25) is 0 Å². The molecule has 0 aromatic rings. The molecule has 0 spiro atoms. The van der Waals surface area contributed by atoms with Crippen LogP contribution in [0.4, 0.5) is 13.2 Å². The molecule has 9 heteroatoms. The van der Waals surface area contributed by atoms with Gasteiger partial charge in [0.25, 0.3) is 0 Å². The Morgan fingerprint density at radius 1 is 1.06 bits per heavy atom. The number of ether oxygens (including phenoxy) is 1. The number of allylic oxidation sites excluding steroid dienone is 3. The summed E-state index contributed by atoms with van der Waals surface area (Å²) in [6, 6.07) is 0. The van der Waals surface area contributed by atoms with Crippen LogP contribution in [0.5, 0.6) is 0 Å². The van der Waals surface area contributed by atoms with Gasteiger partial charge >= 0.3 is 21.6 Å². The number of fused-ring (bicyclic) bond motifs is 5. The van der Waals surface area contributed by atoms with Crippen molar-refractivity contribution >= 4 is 16.1 Å². The maximum Gasteiger partial charge on any atom is 0.534 e. The van der Waals surface area contributed by atoms with Gasteiger partial charge in [-0.1, -0.05) is 25.5 Å². The number of esters is 1.